The molecule has 0 radical (unpaired) electrons. The molecule has 0 bridgehead atoms. The maximum absolute atomic E-state index is 13.8. The number of nitrogens with zero attached hydrogens (tertiary/aromatic N) is 1. The normalized spacial score (nSPS) is 11.7. The third kappa shape index (κ3) is 7.14. The molecule has 170 valence electrons. The van der Waals surface area contributed by atoms with Gasteiger partial charge in [0.25, 0.3) is 5.91 Å². The van der Waals surface area contributed by atoms with Crippen LogP contribution in [0.3, 0.4) is 0 Å². The highest BCUT2D eigenvalue weighted by molar-refractivity contribution is 6.59. The predicted molar refractivity (Wildman–Crippen MR) is 118 cm³/mol. The fraction of sp³-hybridized carbons (Fsp3) is 0.300. The molecule has 0 spiro atoms. The van der Waals surface area contributed by atoms with Crippen LogP contribution in [0.5, 0.6) is 0 Å². The van der Waals surface area contributed by atoms with E-state index in [9.17, 15) is 34.1 Å². The third-order valence-corrected chi connectivity index (χ3v) is 4.99. The molecule has 0 unspecified atom stereocenters. The number of carbonyl (C=O) groups excluding carboxylic acids is 2. The number of halogens is 1. The van der Waals surface area contributed by atoms with Crippen LogP contribution in [0.2, 0.25) is 0 Å². The standard InChI is InChI=1S/C20H26B2FN3O6/c23-17-8-7-14(11-16(17)22(31)32)20(28)26(9-2-1-6-18(24)19(25)27)12-13-4-3-5-15(10-13)21(29)30/h3-5,7-8,10-11,18,29-32H,1-2,6,9,12,24H2,(H2,25,27)/t18-/m0/s1. The molecule has 12 heteroatoms. The Morgan fingerprint density at radius 2 is 1.75 bits per heavy atom. The number of hydrogen-bond donors (Lipinski definition) is 6. The molecule has 0 fully saturated rings. The third-order valence-electron chi connectivity index (χ3n) is 4.99. The second kappa shape index (κ2) is 11.7. The Kier molecular flexibility index (Phi) is 9.36. The van der Waals surface area contributed by atoms with Crippen LogP contribution in [-0.2, 0) is 11.3 Å². The molecule has 9 nitrogen and oxygen atoms in total. The van der Waals surface area contributed by atoms with Crippen LogP contribution in [0, 0.1) is 5.82 Å². The summed E-state index contributed by atoms with van der Waals surface area (Å²) >= 11 is 0. The van der Waals surface area contributed by atoms with E-state index in [1.54, 1.807) is 18.2 Å². The van der Waals surface area contributed by atoms with Crippen LogP contribution in [0.15, 0.2) is 42.5 Å². The molecule has 0 aliphatic heterocycles. The van der Waals surface area contributed by atoms with Crippen molar-refractivity contribution in [2.24, 2.45) is 11.5 Å². The van der Waals surface area contributed by atoms with E-state index in [1.807, 2.05) is 0 Å². The molecule has 2 aromatic carbocycles. The van der Waals surface area contributed by atoms with E-state index in [4.69, 9.17) is 11.5 Å². The van der Waals surface area contributed by atoms with E-state index in [2.05, 4.69) is 0 Å². The minimum atomic E-state index is -2.07. The van der Waals surface area contributed by atoms with Gasteiger partial charge >= 0.3 is 14.2 Å². The van der Waals surface area contributed by atoms with Gasteiger partial charge in [-0.15, -0.1) is 0 Å². The first kappa shape index (κ1) is 25.5. The zero-order valence-electron chi connectivity index (χ0n) is 17.4. The van der Waals surface area contributed by atoms with Crippen molar-refractivity contribution in [3.05, 3.63) is 59.4 Å². The lowest BCUT2D eigenvalue weighted by atomic mass is 9.79. The molecule has 2 amide bonds. The summed E-state index contributed by atoms with van der Waals surface area (Å²) in [5, 5.41) is 37.4. The fourth-order valence-electron chi connectivity index (χ4n) is 3.19. The molecule has 0 heterocycles. The van der Waals surface area contributed by atoms with Crippen LogP contribution in [0.4, 0.5) is 4.39 Å². The molecule has 32 heavy (non-hydrogen) atoms. The Hall–Kier alpha value is -2.76. The lowest BCUT2D eigenvalue weighted by molar-refractivity contribution is -0.119. The van der Waals surface area contributed by atoms with Crippen LogP contribution in [0.1, 0.15) is 35.2 Å². The van der Waals surface area contributed by atoms with Crippen molar-refractivity contribution in [2.75, 3.05) is 6.54 Å². The number of nitrogens with two attached hydrogens (primary N) is 2. The summed E-state index contributed by atoms with van der Waals surface area (Å²) in [6.07, 6.45) is 1.36. The first-order valence-corrected chi connectivity index (χ1v) is 10.0. The Morgan fingerprint density at radius 1 is 1.03 bits per heavy atom. The molecule has 8 N–H and O–H groups in total. The molecule has 0 saturated heterocycles. The zero-order valence-corrected chi connectivity index (χ0v) is 17.4. The van der Waals surface area contributed by atoms with E-state index >= 15 is 0 Å². The van der Waals surface area contributed by atoms with Gasteiger partial charge in [-0.05, 0) is 48.5 Å². The first-order valence-electron chi connectivity index (χ1n) is 10.0. The molecule has 2 rings (SSSR count). The first-order chi connectivity index (χ1) is 15.1. The van der Waals surface area contributed by atoms with Crippen molar-refractivity contribution in [2.45, 2.75) is 31.8 Å². The van der Waals surface area contributed by atoms with Gasteiger partial charge in [0, 0.05) is 24.1 Å². The predicted octanol–water partition coefficient (Wildman–Crippen LogP) is -2.19. The van der Waals surface area contributed by atoms with Gasteiger partial charge in [0.15, 0.2) is 0 Å². The SMILES string of the molecule is NC(=O)[C@@H](N)CCCCN(Cc1cccc(B(O)O)c1)C(=O)c1ccc(F)c(B(O)O)c1. The molecule has 0 saturated carbocycles. The second-order valence-electron chi connectivity index (χ2n) is 7.46. The molecule has 0 aliphatic carbocycles. The molecular weight excluding hydrogens is 419 g/mol. The van der Waals surface area contributed by atoms with E-state index in [0.29, 0.717) is 24.8 Å². The average Bonchev–Trinajstić information content (AvgIpc) is 2.75. The van der Waals surface area contributed by atoms with Crippen LogP contribution in [-0.4, -0.2) is 63.6 Å². The van der Waals surface area contributed by atoms with E-state index < -0.39 is 43.4 Å². The van der Waals surface area contributed by atoms with Gasteiger partial charge < -0.3 is 36.5 Å². The van der Waals surface area contributed by atoms with Gasteiger partial charge in [0.05, 0.1) is 6.04 Å². The Morgan fingerprint density at radius 3 is 2.38 bits per heavy atom. The maximum atomic E-state index is 13.8. The van der Waals surface area contributed by atoms with E-state index in [1.165, 1.54) is 17.0 Å². The summed E-state index contributed by atoms with van der Waals surface area (Å²) in [6.45, 7) is 0.361. The number of amides is 2. The minimum absolute atomic E-state index is 0.0571. The zero-order chi connectivity index (χ0) is 23.8. The van der Waals surface area contributed by atoms with Gasteiger partial charge in [-0.25, -0.2) is 4.39 Å². The summed E-state index contributed by atoms with van der Waals surface area (Å²) in [7, 11) is -3.74. The summed E-state index contributed by atoms with van der Waals surface area (Å²) < 4.78 is 13.8. The highest BCUT2D eigenvalue weighted by atomic mass is 19.1. The topological polar surface area (TPSA) is 170 Å². The number of benzene rings is 2. The number of carbonyl (C=O) groups is 2. The summed E-state index contributed by atoms with van der Waals surface area (Å²) in [5.74, 6) is -1.95. The summed E-state index contributed by atoms with van der Waals surface area (Å²) in [6, 6.07) is 8.92. The monoisotopic (exact) mass is 445 g/mol. The molecule has 0 aromatic heterocycles. The largest absolute Gasteiger partial charge is 0.491 e. The number of rotatable bonds is 11. The minimum Gasteiger partial charge on any atom is -0.423 e. The molecule has 1 atom stereocenters. The van der Waals surface area contributed by atoms with Gasteiger partial charge in [-0.1, -0.05) is 24.3 Å². The number of unbranched alkanes of at least 4 members (excludes halogenated alkanes) is 1. The van der Waals surface area contributed by atoms with Crippen molar-refractivity contribution in [1.29, 1.82) is 0 Å². The van der Waals surface area contributed by atoms with Crippen LogP contribution in [0.25, 0.3) is 0 Å². The quantitative estimate of drug-likeness (QED) is 0.169. The maximum Gasteiger partial charge on any atom is 0.491 e. The van der Waals surface area contributed by atoms with Crippen molar-refractivity contribution in [3.8, 4) is 0 Å². The summed E-state index contributed by atoms with van der Waals surface area (Å²) in [5.41, 5.74) is 11.3. The van der Waals surface area contributed by atoms with Gasteiger partial charge in [-0.3, -0.25) is 9.59 Å². The van der Waals surface area contributed by atoms with Crippen molar-refractivity contribution in [1.82, 2.24) is 4.90 Å². The number of hydrogen-bond acceptors (Lipinski definition) is 7. The molecular formula is C20H26B2FN3O6. The smallest absolute Gasteiger partial charge is 0.423 e. The molecule has 0 aliphatic rings. The number of primary amides is 1. The summed E-state index contributed by atoms with van der Waals surface area (Å²) in [4.78, 5) is 25.7. The van der Waals surface area contributed by atoms with E-state index in [0.717, 1.165) is 12.1 Å². The Bertz CT molecular complexity index is 947. The van der Waals surface area contributed by atoms with Crippen LogP contribution < -0.4 is 22.4 Å². The lowest BCUT2D eigenvalue weighted by Crippen LogP contribution is -2.37. The van der Waals surface area contributed by atoms with Gasteiger partial charge in [-0.2, -0.15) is 0 Å². The van der Waals surface area contributed by atoms with Gasteiger partial charge in [0.2, 0.25) is 5.91 Å². The Labute approximate surface area is 185 Å². The lowest BCUT2D eigenvalue weighted by Gasteiger charge is -2.24. The Balaban J connectivity index is 2.22. The van der Waals surface area contributed by atoms with Crippen LogP contribution >= 0.6 is 0 Å². The van der Waals surface area contributed by atoms with Crippen molar-refractivity contribution >= 4 is 37.0 Å². The van der Waals surface area contributed by atoms with Gasteiger partial charge in [0.1, 0.15) is 5.82 Å². The average molecular weight is 445 g/mol. The highest BCUT2D eigenvalue weighted by Crippen LogP contribution is 2.13. The fourth-order valence-corrected chi connectivity index (χ4v) is 3.19. The van der Waals surface area contributed by atoms with Crippen molar-refractivity contribution < 1.29 is 34.1 Å². The molecule has 2 aromatic rings. The highest BCUT2D eigenvalue weighted by Gasteiger charge is 2.22. The van der Waals surface area contributed by atoms with Crippen molar-refractivity contribution in [3.63, 3.8) is 0 Å². The second-order valence-corrected chi connectivity index (χ2v) is 7.46. The van der Waals surface area contributed by atoms with E-state index in [-0.39, 0.29) is 24.1 Å².